The van der Waals surface area contributed by atoms with Gasteiger partial charge in [-0.2, -0.15) is 4.98 Å². The van der Waals surface area contributed by atoms with Gasteiger partial charge in [-0.3, -0.25) is 14.9 Å². The average Bonchev–Trinajstić information content (AvgIpc) is 3.46. The van der Waals surface area contributed by atoms with Crippen LogP contribution in [0, 0.1) is 10.1 Å². The van der Waals surface area contributed by atoms with Crippen molar-refractivity contribution in [3.05, 3.63) is 100 Å². The number of benzene rings is 2. The number of amides is 1. The molecule has 150 valence electrons. The SMILES string of the molecule is O=C(NC(Cc1ccccc1)c1nc(-c2cccc([N+](=O)[O-])c2)no1)c1ccco1. The monoisotopic (exact) mass is 404 g/mol. The highest BCUT2D eigenvalue weighted by molar-refractivity contribution is 5.91. The lowest BCUT2D eigenvalue weighted by molar-refractivity contribution is -0.384. The molecule has 9 heteroatoms. The third-order valence-electron chi connectivity index (χ3n) is 4.39. The quantitative estimate of drug-likeness (QED) is 0.365. The third kappa shape index (κ3) is 4.25. The van der Waals surface area contributed by atoms with E-state index in [4.69, 9.17) is 8.94 Å². The van der Waals surface area contributed by atoms with Gasteiger partial charge in [0.1, 0.15) is 6.04 Å². The van der Waals surface area contributed by atoms with E-state index in [0.717, 1.165) is 5.56 Å². The number of hydrogen-bond donors (Lipinski definition) is 1. The van der Waals surface area contributed by atoms with Gasteiger partial charge in [-0.15, -0.1) is 0 Å². The van der Waals surface area contributed by atoms with Gasteiger partial charge in [0.15, 0.2) is 5.76 Å². The Morgan fingerprint density at radius 2 is 1.93 bits per heavy atom. The van der Waals surface area contributed by atoms with Gasteiger partial charge in [0, 0.05) is 24.1 Å². The summed E-state index contributed by atoms with van der Waals surface area (Å²) in [6.45, 7) is 0. The summed E-state index contributed by atoms with van der Waals surface area (Å²) in [6.07, 6.45) is 1.82. The van der Waals surface area contributed by atoms with Gasteiger partial charge in [-0.25, -0.2) is 0 Å². The van der Waals surface area contributed by atoms with E-state index in [2.05, 4.69) is 15.5 Å². The number of nitrogens with zero attached hydrogens (tertiary/aromatic N) is 3. The van der Waals surface area contributed by atoms with E-state index < -0.39 is 16.9 Å². The molecular formula is C21H16N4O5. The maximum Gasteiger partial charge on any atom is 0.287 e. The maximum absolute atomic E-state index is 12.5. The highest BCUT2D eigenvalue weighted by Crippen LogP contribution is 2.24. The Hall–Kier alpha value is -4.27. The van der Waals surface area contributed by atoms with Crippen molar-refractivity contribution in [3.8, 4) is 11.4 Å². The molecule has 4 rings (SSSR count). The van der Waals surface area contributed by atoms with Gasteiger partial charge in [-0.1, -0.05) is 47.6 Å². The Morgan fingerprint density at radius 3 is 2.67 bits per heavy atom. The Bertz CT molecular complexity index is 1160. The Kier molecular flexibility index (Phi) is 5.33. The Morgan fingerprint density at radius 1 is 1.10 bits per heavy atom. The van der Waals surface area contributed by atoms with Crippen LogP contribution < -0.4 is 5.32 Å². The van der Waals surface area contributed by atoms with E-state index >= 15 is 0 Å². The normalized spacial score (nSPS) is 11.7. The summed E-state index contributed by atoms with van der Waals surface area (Å²) in [5.74, 6) is 0.113. The predicted octanol–water partition coefficient (Wildman–Crippen LogP) is 3.95. The highest BCUT2D eigenvalue weighted by Gasteiger charge is 2.24. The zero-order chi connectivity index (χ0) is 20.9. The molecule has 0 saturated carbocycles. The van der Waals surface area contributed by atoms with Crippen molar-refractivity contribution in [3.63, 3.8) is 0 Å². The van der Waals surface area contributed by atoms with Crippen molar-refractivity contribution in [1.29, 1.82) is 0 Å². The summed E-state index contributed by atoms with van der Waals surface area (Å²) < 4.78 is 10.5. The molecule has 0 aliphatic carbocycles. The molecule has 0 spiro atoms. The van der Waals surface area contributed by atoms with Gasteiger partial charge in [0.25, 0.3) is 11.6 Å². The number of nitro benzene ring substituents is 1. The summed E-state index contributed by atoms with van der Waals surface area (Å²) in [5, 5.41) is 17.8. The number of non-ortho nitro benzene ring substituents is 1. The second kappa shape index (κ2) is 8.39. The minimum atomic E-state index is -0.620. The molecule has 2 aromatic carbocycles. The minimum absolute atomic E-state index is 0.0780. The first kappa shape index (κ1) is 19.1. The van der Waals surface area contributed by atoms with Crippen LogP contribution in [0.15, 0.2) is 81.9 Å². The molecule has 30 heavy (non-hydrogen) atoms. The van der Waals surface area contributed by atoms with Crippen molar-refractivity contribution < 1.29 is 18.7 Å². The zero-order valence-corrected chi connectivity index (χ0v) is 15.6. The fraction of sp³-hybridized carbons (Fsp3) is 0.0952. The van der Waals surface area contributed by atoms with Crippen LogP contribution in [-0.4, -0.2) is 21.0 Å². The largest absolute Gasteiger partial charge is 0.459 e. The Balaban J connectivity index is 1.62. The van der Waals surface area contributed by atoms with Gasteiger partial charge >= 0.3 is 0 Å². The first-order chi connectivity index (χ1) is 14.6. The first-order valence-corrected chi connectivity index (χ1v) is 9.07. The number of nitrogens with one attached hydrogen (secondary N) is 1. The fourth-order valence-electron chi connectivity index (χ4n) is 2.94. The van der Waals surface area contributed by atoms with Crippen LogP contribution in [0.1, 0.15) is 28.1 Å². The molecule has 0 aliphatic rings. The van der Waals surface area contributed by atoms with Gasteiger partial charge in [0.2, 0.25) is 11.7 Å². The van der Waals surface area contributed by atoms with Gasteiger partial charge in [0.05, 0.1) is 11.2 Å². The zero-order valence-electron chi connectivity index (χ0n) is 15.6. The van der Waals surface area contributed by atoms with Crippen LogP contribution in [0.4, 0.5) is 5.69 Å². The molecule has 0 saturated heterocycles. The molecule has 4 aromatic rings. The van der Waals surface area contributed by atoms with E-state index in [9.17, 15) is 14.9 Å². The number of nitro groups is 1. The van der Waals surface area contributed by atoms with E-state index in [0.29, 0.717) is 12.0 Å². The number of aromatic nitrogens is 2. The lowest BCUT2D eigenvalue weighted by Gasteiger charge is -2.14. The van der Waals surface area contributed by atoms with E-state index in [1.54, 1.807) is 24.3 Å². The molecular weight excluding hydrogens is 388 g/mol. The average molecular weight is 404 g/mol. The molecule has 0 fully saturated rings. The van der Waals surface area contributed by atoms with Crippen LogP contribution in [0.3, 0.4) is 0 Å². The second-order valence-electron chi connectivity index (χ2n) is 6.46. The number of furan rings is 1. The van der Waals surface area contributed by atoms with Crippen molar-refractivity contribution in [2.45, 2.75) is 12.5 Å². The molecule has 1 N–H and O–H groups in total. The summed E-state index contributed by atoms with van der Waals surface area (Å²) in [5.41, 5.74) is 1.32. The van der Waals surface area contributed by atoms with Crippen LogP contribution in [0.25, 0.3) is 11.4 Å². The molecule has 2 aromatic heterocycles. The first-order valence-electron chi connectivity index (χ1n) is 9.07. The minimum Gasteiger partial charge on any atom is -0.459 e. The van der Waals surface area contributed by atoms with Crippen LogP contribution in [-0.2, 0) is 6.42 Å². The Labute approximate surface area is 170 Å². The summed E-state index contributed by atoms with van der Waals surface area (Å²) in [6, 6.07) is 18.0. The van der Waals surface area contributed by atoms with E-state index in [-0.39, 0.29) is 23.2 Å². The topological polar surface area (TPSA) is 124 Å². The van der Waals surface area contributed by atoms with Gasteiger partial charge in [-0.05, 0) is 17.7 Å². The molecule has 9 nitrogen and oxygen atoms in total. The van der Waals surface area contributed by atoms with Crippen molar-refractivity contribution in [1.82, 2.24) is 15.5 Å². The van der Waals surface area contributed by atoms with Crippen LogP contribution >= 0.6 is 0 Å². The van der Waals surface area contributed by atoms with Crippen LogP contribution in [0.2, 0.25) is 0 Å². The molecule has 0 aliphatic heterocycles. The molecule has 1 unspecified atom stereocenters. The molecule has 2 heterocycles. The molecule has 1 amide bonds. The fourth-order valence-corrected chi connectivity index (χ4v) is 2.94. The standard InChI is InChI=1S/C21H16N4O5/c26-20(18-10-5-11-29-18)22-17(12-14-6-2-1-3-7-14)21-23-19(24-30-21)15-8-4-9-16(13-15)25(27)28/h1-11,13,17H,12H2,(H,22,26). The predicted molar refractivity (Wildman–Crippen MR) is 105 cm³/mol. The molecule has 0 bridgehead atoms. The smallest absolute Gasteiger partial charge is 0.287 e. The molecule has 1 atom stereocenters. The number of carbonyl (C=O) groups excluding carboxylic acids is 1. The summed E-state index contributed by atoms with van der Waals surface area (Å²) >= 11 is 0. The van der Waals surface area contributed by atoms with Crippen molar-refractivity contribution >= 4 is 11.6 Å². The third-order valence-corrected chi connectivity index (χ3v) is 4.39. The molecule has 0 radical (unpaired) electrons. The number of rotatable bonds is 7. The number of carbonyl (C=O) groups is 1. The summed E-state index contributed by atoms with van der Waals surface area (Å²) in [4.78, 5) is 27.4. The van der Waals surface area contributed by atoms with Crippen LogP contribution in [0.5, 0.6) is 0 Å². The summed E-state index contributed by atoms with van der Waals surface area (Å²) in [7, 11) is 0. The van der Waals surface area contributed by atoms with E-state index in [1.807, 2.05) is 30.3 Å². The maximum atomic E-state index is 12.5. The van der Waals surface area contributed by atoms with E-state index in [1.165, 1.54) is 18.4 Å². The van der Waals surface area contributed by atoms with Gasteiger partial charge < -0.3 is 14.3 Å². The highest BCUT2D eigenvalue weighted by atomic mass is 16.6. The lowest BCUT2D eigenvalue weighted by atomic mass is 10.1. The lowest BCUT2D eigenvalue weighted by Crippen LogP contribution is -2.30. The van der Waals surface area contributed by atoms with Crippen molar-refractivity contribution in [2.24, 2.45) is 0 Å². The number of hydrogen-bond acceptors (Lipinski definition) is 7. The second-order valence-corrected chi connectivity index (χ2v) is 6.46. The van der Waals surface area contributed by atoms with Crippen molar-refractivity contribution in [2.75, 3.05) is 0 Å².